The van der Waals surface area contributed by atoms with Gasteiger partial charge in [-0.1, -0.05) is 25.9 Å². The highest BCUT2D eigenvalue weighted by Crippen LogP contribution is 2.41. The fraction of sp³-hybridized carbons (Fsp3) is 0.696. The van der Waals surface area contributed by atoms with E-state index in [0.29, 0.717) is 23.7 Å². The van der Waals surface area contributed by atoms with E-state index in [9.17, 15) is 4.79 Å². The van der Waals surface area contributed by atoms with E-state index < -0.39 is 0 Å². The van der Waals surface area contributed by atoms with Crippen molar-refractivity contribution in [2.45, 2.75) is 78.2 Å². The van der Waals surface area contributed by atoms with Crippen LogP contribution < -0.4 is 0 Å². The number of piperidine rings is 1. The second-order valence-electron chi connectivity index (χ2n) is 10.00. The second kappa shape index (κ2) is 7.96. The molecule has 2 aliphatic rings. The van der Waals surface area contributed by atoms with E-state index in [1.54, 1.807) is 12.5 Å². The molecule has 0 bridgehead atoms. The summed E-state index contributed by atoms with van der Waals surface area (Å²) in [6.45, 7) is 10.7. The van der Waals surface area contributed by atoms with Crippen LogP contribution in [0.25, 0.3) is 0 Å². The van der Waals surface area contributed by atoms with Crippen LogP contribution in [0.15, 0.2) is 23.2 Å². The molecule has 3 heterocycles. The monoisotopic (exact) mass is 398 g/mol. The van der Waals surface area contributed by atoms with Crippen molar-refractivity contribution in [2.75, 3.05) is 13.1 Å². The molecular weight excluding hydrogens is 364 g/mol. The third-order valence-electron chi connectivity index (χ3n) is 7.03. The van der Waals surface area contributed by atoms with Crippen molar-refractivity contribution in [3.05, 3.63) is 35.7 Å². The largest absolute Gasteiger partial charge is 0.361 e. The predicted octanol–water partition coefficient (Wildman–Crippen LogP) is 4.38. The van der Waals surface area contributed by atoms with E-state index in [1.807, 2.05) is 15.7 Å². The topological polar surface area (TPSA) is 64.2 Å². The van der Waals surface area contributed by atoms with Crippen LogP contribution in [0, 0.1) is 11.3 Å². The number of aromatic nitrogens is 3. The summed E-state index contributed by atoms with van der Waals surface area (Å²) in [7, 11) is 0. The van der Waals surface area contributed by atoms with Gasteiger partial charge in [0.1, 0.15) is 5.76 Å². The maximum atomic E-state index is 12.7. The van der Waals surface area contributed by atoms with Crippen molar-refractivity contribution in [3.63, 3.8) is 0 Å². The summed E-state index contributed by atoms with van der Waals surface area (Å²) in [5, 5.41) is 4.41. The third kappa shape index (κ3) is 4.26. The maximum absolute atomic E-state index is 12.7. The highest BCUT2D eigenvalue weighted by atomic mass is 16.5. The van der Waals surface area contributed by atoms with Gasteiger partial charge in [0.15, 0.2) is 0 Å². The Morgan fingerprint density at radius 2 is 2.03 bits per heavy atom. The zero-order valence-electron chi connectivity index (χ0n) is 18.2. The Labute approximate surface area is 173 Å². The van der Waals surface area contributed by atoms with Crippen molar-refractivity contribution < 1.29 is 9.32 Å². The van der Waals surface area contributed by atoms with Crippen LogP contribution in [0.2, 0.25) is 0 Å². The van der Waals surface area contributed by atoms with Crippen molar-refractivity contribution in [2.24, 2.45) is 11.3 Å². The zero-order chi connectivity index (χ0) is 20.6. The van der Waals surface area contributed by atoms with Crippen LogP contribution in [-0.4, -0.2) is 38.6 Å². The number of nitrogens with zero attached hydrogens (tertiary/aromatic N) is 4. The molecule has 0 N–H and O–H groups in total. The predicted molar refractivity (Wildman–Crippen MR) is 112 cm³/mol. The molecule has 6 nitrogen and oxygen atoms in total. The standard InChI is InChI=1S/C23H34N4O2/c1-16(27-12-9-24-15-27)13-21(28)26-10-7-17(8-11-26)22-19-14-18(23(2,3)4)5-6-20(19)25-29-22/h9,12,15-18H,5-8,10-11,13-14H2,1-4H3/t16-,18-/m1/s1. The molecule has 29 heavy (non-hydrogen) atoms. The lowest BCUT2D eigenvalue weighted by molar-refractivity contribution is -0.133. The van der Waals surface area contributed by atoms with Crippen LogP contribution >= 0.6 is 0 Å². The van der Waals surface area contributed by atoms with Crippen LogP contribution in [0.1, 0.15) is 82.4 Å². The Bertz CT molecular complexity index is 826. The van der Waals surface area contributed by atoms with E-state index in [-0.39, 0.29) is 11.9 Å². The molecule has 0 saturated carbocycles. The molecule has 0 aromatic carbocycles. The first kappa shape index (κ1) is 20.2. The summed E-state index contributed by atoms with van der Waals surface area (Å²) in [4.78, 5) is 18.8. The molecule has 1 saturated heterocycles. The molecule has 158 valence electrons. The normalized spacial score (nSPS) is 21.8. The molecule has 1 fully saturated rings. The number of hydrogen-bond donors (Lipinski definition) is 0. The Balaban J connectivity index is 1.36. The Morgan fingerprint density at radius 1 is 1.28 bits per heavy atom. The molecule has 2 aromatic rings. The van der Waals surface area contributed by atoms with Crippen LogP contribution in [0.5, 0.6) is 0 Å². The van der Waals surface area contributed by atoms with Gasteiger partial charge in [-0.15, -0.1) is 0 Å². The molecule has 0 spiro atoms. The zero-order valence-corrected chi connectivity index (χ0v) is 18.2. The van der Waals surface area contributed by atoms with Crippen LogP contribution in [0.3, 0.4) is 0 Å². The van der Waals surface area contributed by atoms with Gasteiger partial charge >= 0.3 is 0 Å². The van der Waals surface area contributed by atoms with Gasteiger partial charge in [0.2, 0.25) is 5.91 Å². The van der Waals surface area contributed by atoms with E-state index in [1.165, 1.54) is 17.7 Å². The van der Waals surface area contributed by atoms with E-state index in [4.69, 9.17) is 4.52 Å². The average molecular weight is 399 g/mol. The fourth-order valence-corrected chi connectivity index (χ4v) is 4.90. The van der Waals surface area contributed by atoms with Gasteiger partial charge in [0.25, 0.3) is 0 Å². The van der Waals surface area contributed by atoms with Crippen molar-refractivity contribution in [3.8, 4) is 0 Å². The number of aryl methyl sites for hydroxylation is 1. The summed E-state index contributed by atoms with van der Waals surface area (Å²) < 4.78 is 7.86. The van der Waals surface area contributed by atoms with Gasteiger partial charge in [-0.3, -0.25) is 4.79 Å². The number of rotatable bonds is 4. The molecule has 0 radical (unpaired) electrons. The lowest BCUT2D eigenvalue weighted by Crippen LogP contribution is -2.38. The fourth-order valence-electron chi connectivity index (χ4n) is 4.90. The Kier molecular flexibility index (Phi) is 5.54. The maximum Gasteiger partial charge on any atom is 0.224 e. The van der Waals surface area contributed by atoms with E-state index >= 15 is 0 Å². The number of amides is 1. The summed E-state index contributed by atoms with van der Waals surface area (Å²) >= 11 is 0. The Hall–Kier alpha value is -2.11. The minimum absolute atomic E-state index is 0.137. The molecule has 2 atom stereocenters. The number of carbonyl (C=O) groups is 1. The number of likely N-dealkylation sites (tertiary alicyclic amines) is 1. The highest BCUT2D eigenvalue weighted by molar-refractivity contribution is 5.76. The Morgan fingerprint density at radius 3 is 2.69 bits per heavy atom. The van der Waals surface area contributed by atoms with Crippen molar-refractivity contribution in [1.82, 2.24) is 19.6 Å². The van der Waals surface area contributed by atoms with E-state index in [0.717, 1.165) is 44.5 Å². The smallest absolute Gasteiger partial charge is 0.224 e. The quantitative estimate of drug-likeness (QED) is 0.767. The molecule has 6 heteroatoms. The van der Waals surface area contributed by atoms with Gasteiger partial charge in [-0.2, -0.15) is 0 Å². The lowest BCUT2D eigenvalue weighted by Gasteiger charge is -2.35. The van der Waals surface area contributed by atoms with Gasteiger partial charge < -0.3 is 14.0 Å². The molecule has 0 unspecified atom stereocenters. The minimum atomic E-state index is 0.137. The van der Waals surface area contributed by atoms with Gasteiger partial charge in [0.05, 0.1) is 12.0 Å². The molecule has 1 amide bonds. The number of fused-ring (bicyclic) bond motifs is 1. The molecule has 1 aliphatic heterocycles. The summed E-state index contributed by atoms with van der Waals surface area (Å²) in [6, 6.07) is 0.137. The number of carbonyl (C=O) groups excluding carboxylic acids is 1. The minimum Gasteiger partial charge on any atom is -0.361 e. The molecular formula is C23H34N4O2. The average Bonchev–Trinajstić information content (AvgIpc) is 3.37. The van der Waals surface area contributed by atoms with Crippen LogP contribution in [-0.2, 0) is 17.6 Å². The summed E-state index contributed by atoms with van der Waals surface area (Å²) in [6.07, 6.45) is 11.2. The second-order valence-corrected chi connectivity index (χ2v) is 10.00. The molecule has 4 rings (SSSR count). The lowest BCUT2D eigenvalue weighted by atomic mass is 9.71. The number of hydrogen-bond acceptors (Lipinski definition) is 4. The highest BCUT2D eigenvalue weighted by Gasteiger charge is 2.35. The molecule has 1 aliphatic carbocycles. The third-order valence-corrected chi connectivity index (χ3v) is 7.03. The van der Waals surface area contributed by atoms with Gasteiger partial charge in [0, 0.05) is 49.4 Å². The van der Waals surface area contributed by atoms with Crippen molar-refractivity contribution in [1.29, 1.82) is 0 Å². The van der Waals surface area contributed by atoms with Crippen LogP contribution in [0.4, 0.5) is 0 Å². The first-order valence-electron chi connectivity index (χ1n) is 11.1. The summed E-state index contributed by atoms with van der Waals surface area (Å²) in [5.41, 5.74) is 2.86. The number of imidazole rings is 1. The SMILES string of the molecule is C[C@H](CC(=O)N1CCC(c2onc3c2C[C@H](C(C)(C)C)CC3)CC1)n1ccnc1. The summed E-state index contributed by atoms with van der Waals surface area (Å²) in [5.74, 6) is 2.41. The van der Waals surface area contributed by atoms with Gasteiger partial charge in [-0.25, -0.2) is 4.98 Å². The van der Waals surface area contributed by atoms with Crippen molar-refractivity contribution >= 4 is 5.91 Å². The first-order valence-corrected chi connectivity index (χ1v) is 11.1. The first-order chi connectivity index (χ1) is 13.8. The molecule has 2 aromatic heterocycles. The van der Waals surface area contributed by atoms with E-state index in [2.05, 4.69) is 37.8 Å². The van der Waals surface area contributed by atoms with Gasteiger partial charge in [-0.05, 0) is 50.4 Å².